The topological polar surface area (TPSA) is 50.2 Å². The van der Waals surface area contributed by atoms with Crippen LogP contribution in [0.4, 0.5) is 0 Å². The second-order valence-electron chi connectivity index (χ2n) is 7.57. The third-order valence-corrected chi connectivity index (χ3v) is 5.97. The number of hydrogen-bond acceptors (Lipinski definition) is 4. The zero-order chi connectivity index (χ0) is 18.2. The zero-order valence-electron chi connectivity index (χ0n) is 15.3. The van der Waals surface area contributed by atoms with Gasteiger partial charge in [-0.2, -0.15) is 5.10 Å². The lowest BCUT2D eigenvalue weighted by Crippen LogP contribution is -2.44. The van der Waals surface area contributed by atoms with Crippen molar-refractivity contribution in [1.82, 2.24) is 20.0 Å². The van der Waals surface area contributed by atoms with Crippen molar-refractivity contribution in [2.75, 3.05) is 19.6 Å². The van der Waals surface area contributed by atoms with Crippen LogP contribution in [-0.2, 0) is 0 Å². The summed E-state index contributed by atoms with van der Waals surface area (Å²) in [6.07, 6.45) is 5.11. The van der Waals surface area contributed by atoms with Gasteiger partial charge in [-0.25, -0.2) is 4.68 Å². The van der Waals surface area contributed by atoms with Gasteiger partial charge >= 0.3 is 0 Å². The molecular weight excluding hydrogens is 336 g/mol. The Labute approximate surface area is 159 Å². The van der Waals surface area contributed by atoms with Gasteiger partial charge in [-0.05, 0) is 62.7 Å². The lowest BCUT2D eigenvalue weighted by atomic mass is 10.0. The lowest BCUT2D eigenvalue weighted by Gasteiger charge is -2.29. The standard InChI is InChI=1S/C22H24N4O/c27-22(21-6-3-13-25(21)19-11-12-23-15-19)16-7-9-18(10-8-16)26-20-5-2-1-4-17(20)14-24-26/h1-2,4-5,7-10,14,19,21,23H,3,6,11-13,15H2/t19-,21?/m0/s1. The number of Topliss-reactive ketones (excluding diaryl/α,β-unsaturated/α-hetero) is 1. The molecule has 0 aliphatic carbocycles. The lowest BCUT2D eigenvalue weighted by molar-refractivity contribution is 0.0826. The second kappa shape index (κ2) is 6.91. The Morgan fingerprint density at radius 3 is 2.74 bits per heavy atom. The fourth-order valence-corrected chi connectivity index (χ4v) is 4.57. The van der Waals surface area contributed by atoms with E-state index in [4.69, 9.17) is 0 Å². The van der Waals surface area contributed by atoms with E-state index in [1.165, 1.54) is 0 Å². The molecular formula is C22H24N4O. The average molecular weight is 360 g/mol. The van der Waals surface area contributed by atoms with Crippen LogP contribution in [0.2, 0.25) is 0 Å². The Hall–Kier alpha value is -2.50. The summed E-state index contributed by atoms with van der Waals surface area (Å²) in [5, 5.41) is 9.04. The van der Waals surface area contributed by atoms with Crippen LogP contribution in [0.5, 0.6) is 0 Å². The molecule has 3 aromatic rings. The molecule has 0 bridgehead atoms. The SMILES string of the molecule is O=C(c1ccc(-n2ncc3ccccc32)cc1)C1CCCN1[C@H]1CCNC1. The quantitative estimate of drug-likeness (QED) is 0.727. The summed E-state index contributed by atoms with van der Waals surface area (Å²) in [4.78, 5) is 15.6. The highest BCUT2D eigenvalue weighted by molar-refractivity contribution is 6.00. The van der Waals surface area contributed by atoms with Gasteiger partial charge in [0.15, 0.2) is 5.78 Å². The van der Waals surface area contributed by atoms with Gasteiger partial charge in [-0.3, -0.25) is 9.69 Å². The smallest absolute Gasteiger partial charge is 0.179 e. The maximum atomic E-state index is 13.1. The van der Waals surface area contributed by atoms with E-state index in [0.717, 1.165) is 61.1 Å². The number of benzene rings is 2. The first kappa shape index (κ1) is 16.7. The summed E-state index contributed by atoms with van der Waals surface area (Å²) in [6, 6.07) is 16.6. The maximum absolute atomic E-state index is 13.1. The molecule has 2 aliphatic heterocycles. The van der Waals surface area contributed by atoms with Crippen molar-refractivity contribution >= 4 is 16.7 Å². The molecule has 5 rings (SSSR count). The molecule has 0 radical (unpaired) electrons. The van der Waals surface area contributed by atoms with Crippen LogP contribution in [0.3, 0.4) is 0 Å². The molecule has 0 amide bonds. The molecule has 1 N–H and O–H groups in total. The number of fused-ring (bicyclic) bond motifs is 1. The average Bonchev–Trinajstić information content (AvgIpc) is 3.47. The third-order valence-electron chi connectivity index (χ3n) is 5.97. The van der Waals surface area contributed by atoms with Crippen molar-refractivity contribution in [3.05, 3.63) is 60.3 Å². The number of nitrogens with zero attached hydrogens (tertiary/aromatic N) is 3. The number of carbonyl (C=O) groups is 1. The molecule has 1 aromatic heterocycles. The number of hydrogen-bond donors (Lipinski definition) is 1. The van der Waals surface area contributed by atoms with E-state index in [1.54, 1.807) is 0 Å². The minimum Gasteiger partial charge on any atom is -0.315 e. The van der Waals surface area contributed by atoms with Crippen LogP contribution >= 0.6 is 0 Å². The largest absolute Gasteiger partial charge is 0.315 e. The summed E-state index contributed by atoms with van der Waals surface area (Å²) in [5.41, 5.74) is 2.86. The van der Waals surface area contributed by atoms with Gasteiger partial charge in [0.05, 0.1) is 23.4 Å². The van der Waals surface area contributed by atoms with E-state index >= 15 is 0 Å². The zero-order valence-corrected chi connectivity index (χ0v) is 15.3. The van der Waals surface area contributed by atoms with Gasteiger partial charge in [0.2, 0.25) is 0 Å². The Balaban J connectivity index is 1.39. The van der Waals surface area contributed by atoms with Crippen LogP contribution in [0.25, 0.3) is 16.6 Å². The highest BCUT2D eigenvalue weighted by Gasteiger charge is 2.36. The predicted molar refractivity (Wildman–Crippen MR) is 106 cm³/mol. The summed E-state index contributed by atoms with van der Waals surface area (Å²) in [6.45, 7) is 3.11. The van der Waals surface area contributed by atoms with E-state index in [2.05, 4.69) is 27.4 Å². The molecule has 3 heterocycles. The van der Waals surface area contributed by atoms with Crippen LogP contribution in [0.1, 0.15) is 29.6 Å². The molecule has 0 saturated carbocycles. The molecule has 0 spiro atoms. The van der Waals surface area contributed by atoms with Crippen molar-refractivity contribution in [3.63, 3.8) is 0 Å². The summed E-state index contributed by atoms with van der Waals surface area (Å²) < 4.78 is 1.93. The molecule has 5 nitrogen and oxygen atoms in total. The Bertz CT molecular complexity index is 956. The Morgan fingerprint density at radius 2 is 1.93 bits per heavy atom. The minimum absolute atomic E-state index is 0.0336. The first-order chi connectivity index (χ1) is 13.3. The number of carbonyl (C=O) groups excluding carboxylic acids is 1. The third kappa shape index (κ3) is 2.97. The van der Waals surface area contributed by atoms with Crippen LogP contribution < -0.4 is 5.32 Å². The van der Waals surface area contributed by atoms with Crippen LogP contribution in [0.15, 0.2) is 54.7 Å². The normalized spacial score (nSPS) is 23.3. The summed E-state index contributed by atoms with van der Waals surface area (Å²) in [5.74, 6) is 0.260. The van der Waals surface area contributed by atoms with Gasteiger partial charge in [0, 0.05) is 23.5 Å². The summed E-state index contributed by atoms with van der Waals surface area (Å²) >= 11 is 0. The molecule has 2 aromatic carbocycles. The van der Waals surface area contributed by atoms with Crippen molar-refractivity contribution in [2.45, 2.75) is 31.3 Å². The Morgan fingerprint density at radius 1 is 1.07 bits per heavy atom. The highest BCUT2D eigenvalue weighted by atomic mass is 16.1. The fraction of sp³-hybridized carbons (Fsp3) is 0.364. The maximum Gasteiger partial charge on any atom is 0.179 e. The first-order valence-corrected chi connectivity index (χ1v) is 9.85. The van der Waals surface area contributed by atoms with Crippen LogP contribution in [-0.4, -0.2) is 52.2 Å². The molecule has 2 aliphatic rings. The second-order valence-corrected chi connectivity index (χ2v) is 7.57. The van der Waals surface area contributed by atoms with Crippen molar-refractivity contribution in [2.24, 2.45) is 0 Å². The van der Waals surface area contributed by atoms with E-state index in [-0.39, 0.29) is 11.8 Å². The van der Waals surface area contributed by atoms with Gasteiger partial charge in [-0.1, -0.05) is 18.2 Å². The number of para-hydroxylation sites is 1. The van der Waals surface area contributed by atoms with E-state index in [0.29, 0.717) is 6.04 Å². The number of rotatable bonds is 4. The van der Waals surface area contributed by atoms with E-state index in [9.17, 15) is 4.79 Å². The van der Waals surface area contributed by atoms with Gasteiger partial charge in [-0.15, -0.1) is 0 Å². The fourth-order valence-electron chi connectivity index (χ4n) is 4.57. The molecule has 2 saturated heterocycles. The number of ketones is 1. The number of likely N-dealkylation sites (tertiary alicyclic amines) is 1. The Kier molecular flexibility index (Phi) is 4.26. The van der Waals surface area contributed by atoms with Gasteiger partial charge in [0.25, 0.3) is 0 Å². The molecule has 2 fully saturated rings. The van der Waals surface area contributed by atoms with Crippen molar-refractivity contribution < 1.29 is 4.79 Å². The number of nitrogens with one attached hydrogen (secondary N) is 1. The predicted octanol–water partition coefficient (Wildman–Crippen LogP) is 3.03. The molecule has 27 heavy (non-hydrogen) atoms. The molecule has 138 valence electrons. The van der Waals surface area contributed by atoms with Crippen LogP contribution in [0, 0.1) is 0 Å². The van der Waals surface area contributed by atoms with Gasteiger partial charge < -0.3 is 5.32 Å². The molecule has 2 atom stereocenters. The number of aromatic nitrogens is 2. The first-order valence-electron chi connectivity index (χ1n) is 9.85. The van der Waals surface area contributed by atoms with Crippen molar-refractivity contribution in [3.8, 4) is 5.69 Å². The monoisotopic (exact) mass is 360 g/mol. The van der Waals surface area contributed by atoms with Gasteiger partial charge in [0.1, 0.15) is 0 Å². The minimum atomic E-state index is 0.0336. The van der Waals surface area contributed by atoms with E-state index in [1.807, 2.05) is 47.3 Å². The van der Waals surface area contributed by atoms with Crippen molar-refractivity contribution in [1.29, 1.82) is 0 Å². The molecule has 1 unspecified atom stereocenters. The summed E-state index contributed by atoms with van der Waals surface area (Å²) in [7, 11) is 0. The van der Waals surface area contributed by atoms with E-state index < -0.39 is 0 Å². The molecule has 5 heteroatoms. The highest BCUT2D eigenvalue weighted by Crippen LogP contribution is 2.26.